The van der Waals surface area contributed by atoms with Crippen molar-refractivity contribution in [2.45, 2.75) is 0 Å². The van der Waals surface area contributed by atoms with E-state index in [4.69, 9.17) is 16.3 Å². The van der Waals surface area contributed by atoms with Gasteiger partial charge in [-0.15, -0.1) is 0 Å². The molecule has 0 saturated heterocycles. The predicted octanol–water partition coefficient (Wildman–Crippen LogP) is 2.32. The summed E-state index contributed by atoms with van der Waals surface area (Å²) in [6.07, 6.45) is 1.41. The average Bonchev–Trinajstić information content (AvgIpc) is 2.09. The molecule has 0 saturated carbocycles. The summed E-state index contributed by atoms with van der Waals surface area (Å²) in [5.41, 5.74) is 0.367. The zero-order chi connectivity index (χ0) is 8.97. The summed E-state index contributed by atoms with van der Waals surface area (Å²) < 4.78 is 4.91. The second-order valence-electron chi connectivity index (χ2n) is 2.00. The Morgan fingerprint density at radius 2 is 2.33 bits per heavy atom. The van der Waals surface area contributed by atoms with E-state index in [-0.39, 0.29) is 0 Å². The van der Waals surface area contributed by atoms with E-state index in [1.54, 1.807) is 18.2 Å². The summed E-state index contributed by atoms with van der Waals surface area (Å²) in [5.74, 6) is 0.494. The largest absolute Gasteiger partial charge is 0.495 e. The molecule has 0 aliphatic heterocycles. The van der Waals surface area contributed by atoms with Gasteiger partial charge in [0.05, 0.1) is 12.8 Å². The minimum absolute atomic E-state index is 0.323. The number of nitrogens with zero attached hydrogens (tertiary/aromatic N) is 1. The SMILES string of the molecule is COc1cccc(N=C=O)c1Cl. The van der Waals surface area contributed by atoms with Gasteiger partial charge >= 0.3 is 0 Å². The summed E-state index contributed by atoms with van der Waals surface area (Å²) in [6, 6.07) is 4.99. The van der Waals surface area contributed by atoms with Gasteiger partial charge in [-0.2, -0.15) is 4.99 Å². The fraction of sp³-hybridized carbons (Fsp3) is 0.125. The molecule has 12 heavy (non-hydrogen) atoms. The fourth-order valence-electron chi connectivity index (χ4n) is 0.792. The molecule has 0 N–H and O–H groups in total. The first-order valence-corrected chi connectivity index (χ1v) is 3.57. The van der Waals surface area contributed by atoms with Gasteiger partial charge in [-0.1, -0.05) is 17.7 Å². The highest BCUT2D eigenvalue weighted by Gasteiger charge is 2.03. The molecule has 62 valence electrons. The van der Waals surface area contributed by atoms with Crippen LogP contribution in [-0.4, -0.2) is 13.2 Å². The number of halogens is 1. The molecule has 0 heterocycles. The molecular weight excluding hydrogens is 178 g/mol. The zero-order valence-corrected chi connectivity index (χ0v) is 7.13. The molecular formula is C8H6ClNO2. The van der Waals surface area contributed by atoms with Crippen LogP contribution in [0.25, 0.3) is 0 Å². The van der Waals surface area contributed by atoms with Crippen molar-refractivity contribution in [1.29, 1.82) is 0 Å². The van der Waals surface area contributed by atoms with Gasteiger partial charge in [0, 0.05) is 0 Å². The van der Waals surface area contributed by atoms with E-state index in [1.165, 1.54) is 13.2 Å². The van der Waals surface area contributed by atoms with Crippen LogP contribution in [0.5, 0.6) is 5.75 Å². The smallest absolute Gasteiger partial charge is 0.240 e. The van der Waals surface area contributed by atoms with Crippen LogP contribution in [0.3, 0.4) is 0 Å². The van der Waals surface area contributed by atoms with Crippen molar-refractivity contribution < 1.29 is 9.53 Å². The predicted molar refractivity (Wildman–Crippen MR) is 45.8 cm³/mol. The van der Waals surface area contributed by atoms with Crippen molar-refractivity contribution in [2.24, 2.45) is 4.99 Å². The molecule has 0 bridgehead atoms. The normalized spacial score (nSPS) is 8.83. The van der Waals surface area contributed by atoms with E-state index in [0.717, 1.165) is 0 Å². The number of rotatable bonds is 2. The van der Waals surface area contributed by atoms with E-state index < -0.39 is 0 Å². The number of benzene rings is 1. The highest BCUT2D eigenvalue weighted by atomic mass is 35.5. The average molecular weight is 184 g/mol. The molecule has 0 unspecified atom stereocenters. The molecule has 1 aromatic rings. The molecule has 0 radical (unpaired) electrons. The van der Waals surface area contributed by atoms with E-state index >= 15 is 0 Å². The van der Waals surface area contributed by atoms with Crippen LogP contribution in [0.4, 0.5) is 5.69 Å². The van der Waals surface area contributed by atoms with E-state index in [1.807, 2.05) is 0 Å². The molecule has 0 aliphatic carbocycles. The van der Waals surface area contributed by atoms with Gasteiger partial charge in [0.15, 0.2) is 0 Å². The molecule has 0 amide bonds. The first-order valence-electron chi connectivity index (χ1n) is 3.20. The molecule has 4 heteroatoms. The lowest BCUT2D eigenvalue weighted by atomic mass is 10.3. The summed E-state index contributed by atoms with van der Waals surface area (Å²) in [4.78, 5) is 13.3. The lowest BCUT2D eigenvalue weighted by Crippen LogP contribution is -1.82. The fourth-order valence-corrected chi connectivity index (χ4v) is 1.04. The summed E-state index contributed by atoms with van der Waals surface area (Å²) in [6.45, 7) is 0. The standard InChI is InChI=1S/C8H6ClNO2/c1-12-7-4-2-3-6(8(7)9)10-5-11/h2-4H,1H3. The third kappa shape index (κ3) is 1.64. The third-order valence-electron chi connectivity index (χ3n) is 1.33. The maximum absolute atomic E-state index is 9.93. The lowest BCUT2D eigenvalue weighted by molar-refractivity contribution is 0.415. The summed E-state index contributed by atoms with van der Waals surface area (Å²) in [7, 11) is 1.50. The van der Waals surface area contributed by atoms with Gasteiger partial charge in [-0.25, -0.2) is 4.79 Å². The maximum atomic E-state index is 9.93. The number of carbonyl (C=O) groups excluding carboxylic acids is 1. The minimum Gasteiger partial charge on any atom is -0.495 e. The van der Waals surface area contributed by atoms with Crippen molar-refractivity contribution in [3.63, 3.8) is 0 Å². The number of isocyanates is 1. The lowest BCUT2D eigenvalue weighted by Gasteiger charge is -2.02. The summed E-state index contributed by atoms with van der Waals surface area (Å²) >= 11 is 5.79. The number of ether oxygens (including phenoxy) is 1. The Labute approximate surface area is 74.6 Å². The number of hydrogen-bond acceptors (Lipinski definition) is 3. The number of methoxy groups -OCH3 is 1. The van der Waals surface area contributed by atoms with Gasteiger partial charge in [0.25, 0.3) is 0 Å². The van der Waals surface area contributed by atoms with Gasteiger partial charge in [0.1, 0.15) is 10.8 Å². The second kappa shape index (κ2) is 3.90. The monoisotopic (exact) mass is 183 g/mol. The molecule has 0 spiro atoms. The number of hydrogen-bond donors (Lipinski definition) is 0. The Hall–Kier alpha value is -1.31. The van der Waals surface area contributed by atoms with Gasteiger partial charge in [-0.3, -0.25) is 0 Å². The van der Waals surface area contributed by atoms with Crippen molar-refractivity contribution in [2.75, 3.05) is 7.11 Å². The molecule has 3 nitrogen and oxygen atoms in total. The highest BCUT2D eigenvalue weighted by molar-refractivity contribution is 6.34. The second-order valence-corrected chi connectivity index (χ2v) is 2.37. The maximum Gasteiger partial charge on any atom is 0.240 e. The third-order valence-corrected chi connectivity index (χ3v) is 1.71. The Balaban J connectivity index is 3.22. The molecule has 0 fully saturated rings. The molecule has 0 aromatic heterocycles. The first kappa shape index (κ1) is 8.78. The van der Waals surface area contributed by atoms with Crippen LogP contribution < -0.4 is 4.74 Å². The van der Waals surface area contributed by atoms with Gasteiger partial charge < -0.3 is 4.74 Å². The Morgan fingerprint density at radius 3 is 2.92 bits per heavy atom. The van der Waals surface area contributed by atoms with Crippen LogP contribution in [0, 0.1) is 0 Å². The van der Waals surface area contributed by atoms with Crippen LogP contribution >= 0.6 is 11.6 Å². The van der Waals surface area contributed by atoms with Crippen LogP contribution in [0.1, 0.15) is 0 Å². The first-order chi connectivity index (χ1) is 5.79. The highest BCUT2D eigenvalue weighted by Crippen LogP contribution is 2.33. The molecule has 1 rings (SSSR count). The van der Waals surface area contributed by atoms with Crippen LogP contribution in [0.2, 0.25) is 5.02 Å². The Morgan fingerprint density at radius 1 is 1.58 bits per heavy atom. The molecule has 1 aromatic carbocycles. The van der Waals surface area contributed by atoms with Crippen molar-refractivity contribution >= 4 is 23.4 Å². The Kier molecular flexibility index (Phi) is 2.86. The quantitative estimate of drug-likeness (QED) is 0.521. The Bertz CT molecular complexity index is 332. The van der Waals surface area contributed by atoms with E-state index in [2.05, 4.69) is 4.99 Å². The molecule has 0 atom stereocenters. The van der Waals surface area contributed by atoms with Crippen LogP contribution in [-0.2, 0) is 4.79 Å². The van der Waals surface area contributed by atoms with Crippen LogP contribution in [0.15, 0.2) is 23.2 Å². The van der Waals surface area contributed by atoms with Crippen molar-refractivity contribution in [3.8, 4) is 5.75 Å². The van der Waals surface area contributed by atoms with Gasteiger partial charge in [-0.05, 0) is 12.1 Å². The van der Waals surface area contributed by atoms with Gasteiger partial charge in [0.2, 0.25) is 6.08 Å². The van der Waals surface area contributed by atoms with Crippen molar-refractivity contribution in [1.82, 2.24) is 0 Å². The zero-order valence-electron chi connectivity index (χ0n) is 6.37. The molecule has 0 aliphatic rings. The topological polar surface area (TPSA) is 38.7 Å². The number of aliphatic imine (C=N–C) groups is 1. The minimum atomic E-state index is 0.323. The summed E-state index contributed by atoms with van der Waals surface area (Å²) in [5, 5.41) is 0.323. The van der Waals surface area contributed by atoms with Crippen molar-refractivity contribution in [3.05, 3.63) is 23.2 Å². The van der Waals surface area contributed by atoms with E-state index in [9.17, 15) is 4.79 Å². The van der Waals surface area contributed by atoms with E-state index in [0.29, 0.717) is 16.5 Å².